The second-order valence-electron chi connectivity index (χ2n) is 8.98. The average Bonchev–Trinajstić information content (AvgIpc) is 3.05. The summed E-state index contributed by atoms with van der Waals surface area (Å²) in [6.45, 7) is 2.02. The van der Waals surface area contributed by atoms with Crippen molar-refractivity contribution < 1.29 is 19.1 Å². The third-order valence-corrected chi connectivity index (χ3v) is 7.03. The monoisotopic (exact) mass is 472 g/mol. The molecule has 1 fully saturated rings. The van der Waals surface area contributed by atoms with Crippen molar-refractivity contribution in [1.29, 1.82) is 0 Å². The van der Waals surface area contributed by atoms with Gasteiger partial charge in [-0.3, -0.25) is 14.3 Å². The van der Waals surface area contributed by atoms with Crippen LogP contribution < -0.4 is 5.32 Å². The zero-order chi connectivity index (χ0) is 23.6. The van der Waals surface area contributed by atoms with Gasteiger partial charge >= 0.3 is 5.97 Å². The second kappa shape index (κ2) is 9.55. The molecule has 0 unspecified atom stereocenters. The fourth-order valence-corrected chi connectivity index (χ4v) is 4.85. The lowest BCUT2D eigenvalue weighted by Gasteiger charge is -2.44. The summed E-state index contributed by atoms with van der Waals surface area (Å²) in [6, 6.07) is 8.76. The Hall–Kier alpha value is -2.87. The first-order valence-corrected chi connectivity index (χ1v) is 11.7. The van der Waals surface area contributed by atoms with Gasteiger partial charge in [-0.1, -0.05) is 55.5 Å². The number of hydrogen-bond donors (Lipinski definition) is 1. The maximum atomic E-state index is 13.7. The minimum absolute atomic E-state index is 0.0342. The largest absolute Gasteiger partial charge is 0.464 e. The Morgan fingerprint density at radius 1 is 1.21 bits per heavy atom. The van der Waals surface area contributed by atoms with Crippen molar-refractivity contribution >= 4 is 29.4 Å². The number of rotatable bonds is 5. The molecule has 9 heteroatoms. The Balaban J connectivity index is 1.70. The number of fused-ring (bicyclic) bond motifs is 1. The topological polar surface area (TPSA) is 93.5 Å². The van der Waals surface area contributed by atoms with Gasteiger partial charge < -0.3 is 15.0 Å². The molecule has 4 rings (SSSR count). The van der Waals surface area contributed by atoms with Crippen LogP contribution in [0.2, 0.25) is 5.02 Å². The molecule has 2 heterocycles. The average molecular weight is 473 g/mol. The fourth-order valence-electron chi connectivity index (χ4n) is 4.66. The molecule has 2 aromatic rings. The van der Waals surface area contributed by atoms with Gasteiger partial charge in [-0.15, -0.1) is 0 Å². The number of nitrogens with zero attached hydrogens (tertiary/aromatic N) is 3. The van der Waals surface area contributed by atoms with Crippen LogP contribution in [0.25, 0.3) is 0 Å². The lowest BCUT2D eigenvalue weighted by atomic mass is 9.93. The highest BCUT2D eigenvalue weighted by atomic mass is 35.5. The number of amides is 2. The summed E-state index contributed by atoms with van der Waals surface area (Å²) in [7, 11) is 1.26. The quantitative estimate of drug-likeness (QED) is 0.530. The van der Waals surface area contributed by atoms with E-state index in [1.165, 1.54) is 30.7 Å². The van der Waals surface area contributed by atoms with E-state index in [-0.39, 0.29) is 42.3 Å². The van der Waals surface area contributed by atoms with Crippen LogP contribution in [0.3, 0.4) is 0 Å². The molecule has 1 aliphatic carbocycles. The third-order valence-electron chi connectivity index (χ3n) is 6.66. The Morgan fingerprint density at radius 2 is 1.91 bits per heavy atom. The van der Waals surface area contributed by atoms with Crippen molar-refractivity contribution in [3.8, 4) is 0 Å². The standard InChI is InChI=1S/C24H29ClN4O4/c1-24(23(32)26-17-10-5-3-4-6-11-17)15-29-20(13-19(27-29)22(31)33-2)21(30)28(24)14-16-9-7-8-12-18(16)25/h7-9,12-13,17H,3-6,10-11,14-15H2,1-2H3,(H,26,32)/t24-/m1/s1. The van der Waals surface area contributed by atoms with Gasteiger partial charge in [0.1, 0.15) is 11.2 Å². The van der Waals surface area contributed by atoms with Gasteiger partial charge in [0.25, 0.3) is 5.91 Å². The van der Waals surface area contributed by atoms with Crippen LogP contribution in [0.1, 0.15) is 72.0 Å². The van der Waals surface area contributed by atoms with Gasteiger partial charge in [-0.05, 0) is 31.4 Å². The number of halogens is 1. The summed E-state index contributed by atoms with van der Waals surface area (Å²) in [5.41, 5.74) is -0.203. The molecule has 1 aromatic heterocycles. The first-order valence-electron chi connectivity index (χ1n) is 11.4. The highest BCUT2D eigenvalue weighted by Gasteiger charge is 2.48. The van der Waals surface area contributed by atoms with Crippen molar-refractivity contribution in [3.05, 3.63) is 52.3 Å². The zero-order valence-corrected chi connectivity index (χ0v) is 19.7. The number of nitrogens with one attached hydrogen (secondary N) is 1. The van der Waals surface area contributed by atoms with E-state index >= 15 is 0 Å². The van der Waals surface area contributed by atoms with E-state index < -0.39 is 11.5 Å². The summed E-state index contributed by atoms with van der Waals surface area (Å²) >= 11 is 6.39. The van der Waals surface area contributed by atoms with Crippen molar-refractivity contribution in [2.24, 2.45) is 0 Å². The van der Waals surface area contributed by atoms with E-state index in [0.717, 1.165) is 31.2 Å². The van der Waals surface area contributed by atoms with Gasteiger partial charge in [0, 0.05) is 23.7 Å². The number of hydrogen-bond acceptors (Lipinski definition) is 5. The van der Waals surface area contributed by atoms with Gasteiger partial charge in [-0.2, -0.15) is 5.10 Å². The number of carbonyl (C=O) groups is 3. The van der Waals surface area contributed by atoms with Crippen LogP contribution in [-0.2, 0) is 22.6 Å². The van der Waals surface area contributed by atoms with Crippen LogP contribution in [0.4, 0.5) is 0 Å². The molecule has 8 nitrogen and oxygen atoms in total. The number of ether oxygens (including phenoxy) is 1. The molecule has 33 heavy (non-hydrogen) atoms. The molecule has 0 bridgehead atoms. The van der Waals surface area contributed by atoms with Crippen molar-refractivity contribution in [1.82, 2.24) is 20.0 Å². The molecular formula is C24H29ClN4O4. The highest BCUT2D eigenvalue weighted by molar-refractivity contribution is 6.31. The second-order valence-corrected chi connectivity index (χ2v) is 9.39. The van der Waals surface area contributed by atoms with E-state index in [1.807, 2.05) is 18.2 Å². The molecule has 0 spiro atoms. The molecule has 1 saturated carbocycles. The molecule has 2 aliphatic rings. The number of aromatic nitrogens is 2. The van der Waals surface area contributed by atoms with E-state index in [2.05, 4.69) is 10.4 Å². The molecule has 0 saturated heterocycles. The Morgan fingerprint density at radius 3 is 2.58 bits per heavy atom. The summed E-state index contributed by atoms with van der Waals surface area (Å²) < 4.78 is 6.20. The zero-order valence-electron chi connectivity index (χ0n) is 19.0. The molecule has 2 amide bonds. The van der Waals surface area contributed by atoms with Crippen molar-refractivity contribution in [2.75, 3.05) is 7.11 Å². The van der Waals surface area contributed by atoms with Crippen LogP contribution in [-0.4, -0.2) is 51.2 Å². The SMILES string of the molecule is COC(=O)c1cc2n(n1)C[C@](C)(C(=O)NC1CCCCCC1)N(Cc1ccccc1Cl)C2=O. The lowest BCUT2D eigenvalue weighted by molar-refractivity contribution is -0.134. The van der Waals surface area contributed by atoms with Gasteiger partial charge in [0.05, 0.1) is 13.7 Å². The van der Waals surface area contributed by atoms with E-state index in [1.54, 1.807) is 17.9 Å². The van der Waals surface area contributed by atoms with Crippen molar-refractivity contribution in [3.63, 3.8) is 0 Å². The van der Waals surface area contributed by atoms with Gasteiger partial charge in [-0.25, -0.2) is 4.79 Å². The molecule has 1 aromatic carbocycles. The van der Waals surface area contributed by atoms with Crippen LogP contribution >= 0.6 is 11.6 Å². The van der Waals surface area contributed by atoms with Crippen LogP contribution in [0.5, 0.6) is 0 Å². The van der Waals surface area contributed by atoms with Crippen molar-refractivity contribution in [2.45, 2.75) is 70.1 Å². The van der Waals surface area contributed by atoms with Gasteiger partial charge in [0.2, 0.25) is 5.91 Å². The van der Waals surface area contributed by atoms with Crippen LogP contribution in [0, 0.1) is 0 Å². The molecule has 0 radical (unpaired) electrons. The Bertz CT molecular complexity index is 1060. The first kappa shape index (κ1) is 23.3. The third kappa shape index (κ3) is 4.62. The molecule has 176 valence electrons. The predicted molar refractivity (Wildman–Crippen MR) is 123 cm³/mol. The molecule has 1 aliphatic heterocycles. The lowest BCUT2D eigenvalue weighted by Crippen LogP contribution is -2.64. The Labute approximate surface area is 198 Å². The van der Waals surface area contributed by atoms with E-state index in [9.17, 15) is 14.4 Å². The number of carbonyl (C=O) groups excluding carboxylic acids is 3. The molecular weight excluding hydrogens is 444 g/mol. The maximum Gasteiger partial charge on any atom is 0.358 e. The van der Waals surface area contributed by atoms with Gasteiger partial charge in [0.15, 0.2) is 5.69 Å². The minimum Gasteiger partial charge on any atom is -0.464 e. The number of benzene rings is 1. The summed E-state index contributed by atoms with van der Waals surface area (Å²) in [4.78, 5) is 40.8. The smallest absolute Gasteiger partial charge is 0.358 e. The first-order chi connectivity index (χ1) is 15.8. The fraction of sp³-hybridized carbons (Fsp3) is 0.500. The summed E-state index contributed by atoms with van der Waals surface area (Å²) in [5, 5.41) is 7.97. The molecule has 1 N–H and O–H groups in total. The summed E-state index contributed by atoms with van der Waals surface area (Å²) in [5.74, 6) is -1.25. The number of esters is 1. The minimum atomic E-state index is -1.21. The van der Waals surface area contributed by atoms with E-state index in [4.69, 9.17) is 16.3 Å². The van der Waals surface area contributed by atoms with E-state index in [0.29, 0.717) is 5.02 Å². The number of methoxy groups -OCH3 is 1. The molecule has 1 atom stereocenters. The predicted octanol–water partition coefficient (Wildman–Crippen LogP) is 3.58. The Kier molecular flexibility index (Phi) is 6.74. The normalized spacial score (nSPS) is 21.3. The highest BCUT2D eigenvalue weighted by Crippen LogP contribution is 2.31. The van der Waals surface area contributed by atoms with Crippen LogP contribution in [0.15, 0.2) is 30.3 Å². The maximum absolute atomic E-state index is 13.7. The summed E-state index contributed by atoms with van der Waals surface area (Å²) in [6.07, 6.45) is 6.37.